The minimum absolute atomic E-state index is 0.151. The van der Waals surface area contributed by atoms with Crippen LogP contribution in [0.4, 0.5) is 0 Å². The summed E-state index contributed by atoms with van der Waals surface area (Å²) in [5.74, 6) is -0.550. The molecule has 0 saturated carbocycles. The molecule has 0 aromatic carbocycles. The summed E-state index contributed by atoms with van der Waals surface area (Å²) in [4.78, 5) is 29.7. The first kappa shape index (κ1) is 16.5. The van der Waals surface area contributed by atoms with E-state index in [9.17, 15) is 19.1 Å². The molecule has 1 rings (SSSR count). The molecule has 1 atom stereocenters. The molecule has 18 heavy (non-hydrogen) atoms. The van der Waals surface area contributed by atoms with Gasteiger partial charge in [0.15, 0.2) is 0 Å². The van der Waals surface area contributed by atoms with E-state index in [4.69, 9.17) is 39.5 Å². The number of esters is 1. The van der Waals surface area contributed by atoms with E-state index < -0.39 is 28.1 Å². The van der Waals surface area contributed by atoms with Gasteiger partial charge in [0.2, 0.25) is 9.13 Å². The molecule has 1 aliphatic rings. The van der Waals surface area contributed by atoms with Gasteiger partial charge in [0, 0.05) is 0 Å². The van der Waals surface area contributed by atoms with E-state index in [1.807, 2.05) is 0 Å². The molecule has 0 radical (unpaired) electrons. The van der Waals surface area contributed by atoms with Crippen molar-refractivity contribution in [1.82, 2.24) is 0 Å². The monoisotopic (exact) mass is 338 g/mol. The summed E-state index contributed by atoms with van der Waals surface area (Å²) in [6, 6.07) is 0. The Balaban J connectivity index is 3.33. The van der Waals surface area contributed by atoms with Crippen molar-refractivity contribution in [3.63, 3.8) is 0 Å². The lowest BCUT2D eigenvalue weighted by Gasteiger charge is -2.54. The van der Waals surface area contributed by atoms with E-state index in [0.717, 1.165) is 0 Å². The third kappa shape index (κ3) is 2.09. The van der Waals surface area contributed by atoms with Crippen molar-refractivity contribution in [2.75, 3.05) is 0 Å². The second kappa shape index (κ2) is 4.80. The summed E-state index contributed by atoms with van der Waals surface area (Å²) in [6.07, 6.45) is 0.119. The normalized spacial score (nSPS) is 25.6. The molecule has 1 unspecified atom stereocenters. The topological polar surface area (TPSA) is 83.8 Å². The molecule has 0 bridgehead atoms. The lowest BCUT2D eigenvalue weighted by molar-refractivity contribution is -0.196. The third-order valence-electron chi connectivity index (χ3n) is 3.51. The van der Waals surface area contributed by atoms with Gasteiger partial charge in [-0.2, -0.15) is 0 Å². The Morgan fingerprint density at radius 3 is 2.00 bits per heavy atom. The predicted octanol–water partition coefficient (Wildman–Crippen LogP) is 2.98. The Morgan fingerprint density at radius 2 is 1.78 bits per heavy atom. The Hall–Kier alpha value is 0.490. The molecule has 0 amide bonds. The Kier molecular flexibility index (Phi) is 4.41. The maximum Gasteiger partial charge on any atom is 0.362 e. The number of rotatable bonds is 5. The van der Waals surface area contributed by atoms with Gasteiger partial charge in [-0.05, 0) is 12.8 Å². The first-order valence-corrected chi connectivity index (χ1v) is 8.06. The number of cyclic esters (lactones) is 1. The fourth-order valence-electron chi connectivity index (χ4n) is 2.33. The number of alkyl halides is 3. The van der Waals surface area contributed by atoms with Crippen molar-refractivity contribution in [2.45, 2.75) is 42.2 Å². The van der Waals surface area contributed by atoms with E-state index in [0.29, 0.717) is 0 Å². The molecule has 106 valence electrons. The summed E-state index contributed by atoms with van der Waals surface area (Å²) in [6.45, 7) is 3.27. The Bertz CT molecular complexity index is 393. The van der Waals surface area contributed by atoms with Crippen molar-refractivity contribution in [3.8, 4) is 0 Å². The van der Waals surface area contributed by atoms with E-state index in [1.54, 1.807) is 13.8 Å². The maximum atomic E-state index is 11.5. The van der Waals surface area contributed by atoms with Crippen molar-refractivity contribution in [2.24, 2.45) is 5.41 Å². The molecule has 1 saturated heterocycles. The minimum Gasteiger partial charge on any atom is -0.441 e. The summed E-state index contributed by atoms with van der Waals surface area (Å²) >= 11 is 18.0. The predicted molar refractivity (Wildman–Crippen MR) is 68.8 cm³/mol. The van der Waals surface area contributed by atoms with Crippen molar-refractivity contribution in [1.29, 1.82) is 0 Å². The molecular weight excluding hydrogens is 325 g/mol. The number of ether oxygens (including phenoxy) is 1. The molecule has 0 aromatic rings. The first-order valence-electron chi connectivity index (χ1n) is 5.31. The maximum absolute atomic E-state index is 11.5. The summed E-state index contributed by atoms with van der Waals surface area (Å²) < 4.78 is 14.0. The highest BCUT2D eigenvalue weighted by Crippen LogP contribution is 2.72. The van der Waals surface area contributed by atoms with Crippen LogP contribution in [-0.4, -0.2) is 24.9 Å². The number of hydrogen-bond acceptors (Lipinski definition) is 3. The summed E-state index contributed by atoms with van der Waals surface area (Å²) in [5, 5.41) is -1.59. The van der Waals surface area contributed by atoms with Gasteiger partial charge in [0.05, 0.1) is 5.41 Å². The van der Waals surface area contributed by atoms with E-state index >= 15 is 0 Å². The highest BCUT2D eigenvalue weighted by atomic mass is 35.5. The van der Waals surface area contributed by atoms with Gasteiger partial charge >= 0.3 is 13.6 Å². The number of carbonyl (C=O) groups is 1. The SMILES string of the molecule is CCC(CC)(C1(Cl)CC(=O)O1)C(Cl)(Cl)P(=O)(O)O. The van der Waals surface area contributed by atoms with Crippen LogP contribution in [0.1, 0.15) is 33.1 Å². The number of hydrogen-bond donors (Lipinski definition) is 2. The van der Waals surface area contributed by atoms with Gasteiger partial charge in [-0.25, -0.2) is 0 Å². The minimum atomic E-state index is -4.86. The molecule has 1 aliphatic heterocycles. The molecule has 1 fully saturated rings. The molecule has 0 aromatic heterocycles. The molecular formula is C9H14Cl3O5P. The summed E-state index contributed by atoms with van der Waals surface area (Å²) in [5.41, 5.74) is -1.43. The van der Waals surface area contributed by atoms with Crippen LogP contribution in [0.3, 0.4) is 0 Å². The van der Waals surface area contributed by atoms with Crippen LogP contribution >= 0.6 is 42.4 Å². The molecule has 2 N–H and O–H groups in total. The Labute approximate surface area is 120 Å². The standard InChI is InChI=1S/C9H14Cl3O5P/c1-3-7(4-2,8(10)5-6(13)17-8)9(11,12)18(14,15)16/h3-5H2,1-2H3,(H2,14,15,16). The lowest BCUT2D eigenvalue weighted by Crippen LogP contribution is -2.61. The largest absolute Gasteiger partial charge is 0.441 e. The average molecular weight is 340 g/mol. The van der Waals surface area contributed by atoms with Gasteiger partial charge in [-0.15, -0.1) is 0 Å². The highest BCUT2D eigenvalue weighted by molar-refractivity contribution is 7.58. The van der Waals surface area contributed by atoms with Crippen LogP contribution < -0.4 is 0 Å². The van der Waals surface area contributed by atoms with Crippen molar-refractivity contribution >= 4 is 48.4 Å². The van der Waals surface area contributed by atoms with Crippen LogP contribution in [0.2, 0.25) is 0 Å². The highest BCUT2D eigenvalue weighted by Gasteiger charge is 2.72. The van der Waals surface area contributed by atoms with Crippen LogP contribution in [0.15, 0.2) is 0 Å². The number of carbonyl (C=O) groups excluding carboxylic acids is 1. The van der Waals surface area contributed by atoms with Gasteiger partial charge in [0.1, 0.15) is 6.42 Å². The van der Waals surface area contributed by atoms with Crippen LogP contribution in [-0.2, 0) is 14.1 Å². The second-order valence-corrected chi connectivity index (χ2v) is 8.48. The van der Waals surface area contributed by atoms with Crippen LogP contribution in [0.5, 0.6) is 0 Å². The van der Waals surface area contributed by atoms with Crippen molar-refractivity contribution in [3.05, 3.63) is 0 Å². The zero-order valence-electron chi connectivity index (χ0n) is 9.82. The zero-order chi connectivity index (χ0) is 14.4. The van der Waals surface area contributed by atoms with Crippen molar-refractivity contribution < 1.29 is 23.9 Å². The molecule has 0 spiro atoms. The van der Waals surface area contributed by atoms with Gasteiger partial charge in [-0.3, -0.25) is 9.36 Å². The Morgan fingerprint density at radius 1 is 1.39 bits per heavy atom. The zero-order valence-corrected chi connectivity index (χ0v) is 13.0. The quantitative estimate of drug-likeness (QED) is 0.457. The average Bonchev–Trinajstić information content (AvgIpc) is 2.15. The third-order valence-corrected chi connectivity index (χ3v) is 7.29. The molecule has 9 heteroatoms. The molecule has 0 aliphatic carbocycles. The summed E-state index contributed by atoms with van der Waals surface area (Å²) in [7, 11) is -4.86. The fourth-order valence-corrected chi connectivity index (χ4v) is 4.99. The first-order chi connectivity index (χ1) is 7.97. The van der Waals surface area contributed by atoms with Crippen LogP contribution in [0.25, 0.3) is 0 Å². The second-order valence-electron chi connectivity index (χ2n) is 4.25. The fraction of sp³-hybridized carbons (Fsp3) is 0.889. The van der Waals surface area contributed by atoms with Gasteiger partial charge in [0.25, 0.3) is 0 Å². The van der Waals surface area contributed by atoms with E-state index in [2.05, 4.69) is 0 Å². The lowest BCUT2D eigenvalue weighted by atomic mass is 9.74. The van der Waals surface area contributed by atoms with E-state index in [-0.39, 0.29) is 19.3 Å². The van der Waals surface area contributed by atoms with Crippen LogP contribution in [0, 0.1) is 5.41 Å². The molecule has 1 heterocycles. The smallest absolute Gasteiger partial charge is 0.362 e. The van der Waals surface area contributed by atoms with Gasteiger partial charge < -0.3 is 14.5 Å². The van der Waals surface area contributed by atoms with Gasteiger partial charge in [-0.1, -0.05) is 48.7 Å². The van der Waals surface area contributed by atoms with E-state index in [1.165, 1.54) is 0 Å². The number of halogens is 3. The molecule has 5 nitrogen and oxygen atoms in total.